The van der Waals surface area contributed by atoms with Crippen molar-refractivity contribution in [2.45, 2.75) is 19.8 Å². The maximum absolute atomic E-state index is 11.2. The fraction of sp³-hybridized carbons (Fsp3) is 0.278. The van der Waals surface area contributed by atoms with Crippen LogP contribution in [0.4, 0.5) is 11.4 Å². The van der Waals surface area contributed by atoms with E-state index in [-0.39, 0.29) is 5.78 Å². The van der Waals surface area contributed by atoms with Crippen molar-refractivity contribution in [3.05, 3.63) is 54.1 Å². The van der Waals surface area contributed by atoms with Crippen molar-refractivity contribution < 1.29 is 9.53 Å². The van der Waals surface area contributed by atoms with Crippen LogP contribution in [0.15, 0.2) is 58.8 Å². The van der Waals surface area contributed by atoms with Gasteiger partial charge < -0.3 is 4.74 Å². The third-order valence-electron chi connectivity index (χ3n) is 3.21. The first kappa shape index (κ1) is 17.2. The van der Waals surface area contributed by atoms with Crippen LogP contribution in [0.2, 0.25) is 0 Å². The number of rotatable bonds is 8. The number of carbonyl (C=O) groups is 1. The summed E-state index contributed by atoms with van der Waals surface area (Å²) in [5, 5.41) is 8.33. The lowest BCUT2D eigenvalue weighted by Crippen LogP contribution is -1.97. The van der Waals surface area contributed by atoms with E-state index in [2.05, 4.69) is 22.9 Å². The number of benzene rings is 2. The van der Waals surface area contributed by atoms with Crippen molar-refractivity contribution in [1.82, 2.24) is 0 Å². The predicted molar refractivity (Wildman–Crippen MR) is 95.6 cm³/mol. The number of thiol groups is 1. The van der Waals surface area contributed by atoms with Gasteiger partial charge >= 0.3 is 0 Å². The second-order valence-corrected chi connectivity index (χ2v) is 5.52. The van der Waals surface area contributed by atoms with Crippen LogP contribution in [0.1, 0.15) is 30.1 Å². The molecule has 0 heterocycles. The number of hydrogen-bond acceptors (Lipinski definition) is 5. The first-order valence-electron chi connectivity index (χ1n) is 7.55. The van der Waals surface area contributed by atoms with E-state index in [0.29, 0.717) is 17.9 Å². The molecular weight excluding hydrogens is 308 g/mol. The SMILES string of the molecule is CC(=O)c1ccc(N=Nc2ccc(OCCCCS)cc2)cc1. The lowest BCUT2D eigenvalue weighted by atomic mass is 10.1. The van der Waals surface area contributed by atoms with Gasteiger partial charge in [-0.15, -0.1) is 0 Å². The third-order valence-corrected chi connectivity index (χ3v) is 3.53. The van der Waals surface area contributed by atoms with Gasteiger partial charge in [0.05, 0.1) is 18.0 Å². The zero-order valence-corrected chi connectivity index (χ0v) is 14.0. The minimum Gasteiger partial charge on any atom is -0.494 e. The molecule has 0 saturated carbocycles. The molecule has 120 valence electrons. The second-order valence-electron chi connectivity index (χ2n) is 5.08. The average Bonchev–Trinajstić information content (AvgIpc) is 2.58. The Kier molecular flexibility index (Phi) is 6.81. The number of hydrogen-bond donors (Lipinski definition) is 1. The summed E-state index contributed by atoms with van der Waals surface area (Å²) in [6, 6.07) is 14.5. The van der Waals surface area contributed by atoms with Crippen LogP contribution in [-0.2, 0) is 0 Å². The van der Waals surface area contributed by atoms with E-state index in [4.69, 9.17) is 4.74 Å². The fourth-order valence-corrected chi connectivity index (χ4v) is 2.11. The number of ketones is 1. The minimum atomic E-state index is 0.0402. The monoisotopic (exact) mass is 328 g/mol. The molecule has 0 bridgehead atoms. The van der Waals surface area contributed by atoms with Crippen LogP contribution in [0.3, 0.4) is 0 Å². The summed E-state index contributed by atoms with van der Waals surface area (Å²) in [6.45, 7) is 2.24. The van der Waals surface area contributed by atoms with Gasteiger partial charge in [0.25, 0.3) is 0 Å². The first-order valence-corrected chi connectivity index (χ1v) is 8.19. The van der Waals surface area contributed by atoms with Crippen molar-refractivity contribution in [1.29, 1.82) is 0 Å². The van der Waals surface area contributed by atoms with Gasteiger partial charge in [0, 0.05) is 5.56 Å². The Bertz CT molecular complexity index is 652. The summed E-state index contributed by atoms with van der Waals surface area (Å²) < 4.78 is 5.62. The Morgan fingerprint density at radius 3 is 2.04 bits per heavy atom. The molecule has 2 aromatic carbocycles. The van der Waals surface area contributed by atoms with Crippen LogP contribution >= 0.6 is 12.6 Å². The van der Waals surface area contributed by atoms with E-state index in [0.717, 1.165) is 30.0 Å². The normalized spacial score (nSPS) is 10.9. The number of Topliss-reactive ketones (excluding diaryl/α,β-unsaturated/α-hetero) is 1. The molecule has 0 radical (unpaired) electrons. The lowest BCUT2D eigenvalue weighted by molar-refractivity contribution is 0.101. The van der Waals surface area contributed by atoms with E-state index in [1.54, 1.807) is 31.2 Å². The highest BCUT2D eigenvalue weighted by Crippen LogP contribution is 2.21. The van der Waals surface area contributed by atoms with Gasteiger partial charge in [0.2, 0.25) is 0 Å². The van der Waals surface area contributed by atoms with Gasteiger partial charge in [0.1, 0.15) is 5.75 Å². The van der Waals surface area contributed by atoms with Crippen molar-refractivity contribution >= 4 is 29.8 Å². The highest BCUT2D eigenvalue weighted by Gasteiger charge is 1.98. The van der Waals surface area contributed by atoms with Gasteiger partial charge in [-0.05, 0) is 74.0 Å². The third kappa shape index (κ3) is 5.87. The highest BCUT2D eigenvalue weighted by molar-refractivity contribution is 7.80. The number of azo groups is 1. The fourth-order valence-electron chi connectivity index (χ4n) is 1.89. The average molecular weight is 328 g/mol. The second kappa shape index (κ2) is 9.10. The molecule has 0 aromatic heterocycles. The summed E-state index contributed by atoms with van der Waals surface area (Å²) in [5.74, 6) is 1.75. The zero-order valence-electron chi connectivity index (χ0n) is 13.1. The van der Waals surface area contributed by atoms with E-state index >= 15 is 0 Å². The Labute approximate surface area is 142 Å². The van der Waals surface area contributed by atoms with Crippen LogP contribution in [0.25, 0.3) is 0 Å². The smallest absolute Gasteiger partial charge is 0.159 e. The molecule has 0 spiro atoms. The molecule has 0 N–H and O–H groups in total. The van der Waals surface area contributed by atoms with E-state index in [9.17, 15) is 4.79 Å². The van der Waals surface area contributed by atoms with Gasteiger partial charge in [0.15, 0.2) is 5.78 Å². The Morgan fingerprint density at radius 1 is 0.957 bits per heavy atom. The largest absolute Gasteiger partial charge is 0.494 e. The molecule has 0 aliphatic heterocycles. The standard InChI is InChI=1S/C18H20N2O2S/c1-14(21)15-4-6-16(7-5-15)19-20-17-8-10-18(11-9-17)22-12-2-3-13-23/h4-11,23H,2-3,12-13H2,1H3. The lowest BCUT2D eigenvalue weighted by Gasteiger charge is -2.05. The quantitative estimate of drug-likeness (QED) is 0.305. The first-order chi connectivity index (χ1) is 11.2. The number of carbonyl (C=O) groups excluding carboxylic acids is 1. The van der Waals surface area contributed by atoms with Crippen LogP contribution < -0.4 is 4.74 Å². The predicted octanol–water partition coefficient (Wildman–Crippen LogP) is 5.39. The highest BCUT2D eigenvalue weighted by atomic mass is 32.1. The molecule has 0 atom stereocenters. The number of nitrogens with zero attached hydrogens (tertiary/aromatic N) is 2. The van der Waals surface area contributed by atoms with E-state index in [1.807, 2.05) is 24.3 Å². The molecule has 0 aliphatic carbocycles. The summed E-state index contributed by atoms with van der Waals surface area (Å²) in [5.41, 5.74) is 2.13. The molecule has 0 saturated heterocycles. The van der Waals surface area contributed by atoms with E-state index in [1.165, 1.54) is 0 Å². The van der Waals surface area contributed by atoms with Crippen molar-refractivity contribution in [3.63, 3.8) is 0 Å². The summed E-state index contributed by atoms with van der Waals surface area (Å²) in [7, 11) is 0. The maximum atomic E-state index is 11.2. The Balaban J connectivity index is 1.90. The van der Waals surface area contributed by atoms with Crippen molar-refractivity contribution in [3.8, 4) is 5.75 Å². The molecule has 23 heavy (non-hydrogen) atoms. The molecule has 2 aromatic rings. The Morgan fingerprint density at radius 2 is 1.52 bits per heavy atom. The minimum absolute atomic E-state index is 0.0402. The van der Waals surface area contributed by atoms with Gasteiger partial charge in [-0.2, -0.15) is 22.9 Å². The van der Waals surface area contributed by atoms with Gasteiger partial charge in [-0.1, -0.05) is 0 Å². The molecule has 0 aliphatic rings. The summed E-state index contributed by atoms with van der Waals surface area (Å²) >= 11 is 4.17. The van der Waals surface area contributed by atoms with Gasteiger partial charge in [-0.3, -0.25) is 4.79 Å². The van der Waals surface area contributed by atoms with Crippen LogP contribution in [-0.4, -0.2) is 18.1 Å². The Hall–Kier alpha value is -2.14. The van der Waals surface area contributed by atoms with Crippen molar-refractivity contribution in [2.24, 2.45) is 10.2 Å². The van der Waals surface area contributed by atoms with Crippen LogP contribution in [0, 0.1) is 0 Å². The molecule has 0 unspecified atom stereocenters. The molecule has 4 nitrogen and oxygen atoms in total. The summed E-state index contributed by atoms with van der Waals surface area (Å²) in [6.07, 6.45) is 2.05. The number of unbranched alkanes of at least 4 members (excludes halogenated alkanes) is 1. The number of ether oxygens (including phenoxy) is 1. The van der Waals surface area contributed by atoms with E-state index < -0.39 is 0 Å². The zero-order chi connectivity index (χ0) is 16.5. The molecule has 0 amide bonds. The molecule has 0 fully saturated rings. The maximum Gasteiger partial charge on any atom is 0.159 e. The van der Waals surface area contributed by atoms with Gasteiger partial charge in [-0.25, -0.2) is 0 Å². The van der Waals surface area contributed by atoms with Crippen LogP contribution in [0.5, 0.6) is 5.75 Å². The summed E-state index contributed by atoms with van der Waals surface area (Å²) in [4.78, 5) is 11.2. The topological polar surface area (TPSA) is 51.0 Å². The van der Waals surface area contributed by atoms with Crippen molar-refractivity contribution in [2.75, 3.05) is 12.4 Å². The molecule has 5 heteroatoms. The molecule has 2 rings (SSSR count). The molecular formula is C18H20N2O2S.